The van der Waals surface area contributed by atoms with Crippen LogP contribution in [0.3, 0.4) is 0 Å². The molecule has 2 atom stereocenters. The molecule has 0 saturated carbocycles. The maximum Gasteiger partial charge on any atom is 0.222 e. The highest BCUT2D eigenvalue weighted by Gasteiger charge is 2.15. The van der Waals surface area contributed by atoms with Crippen LogP contribution in [0.15, 0.2) is 24.3 Å². The quantitative estimate of drug-likeness (QED) is 0.814. The van der Waals surface area contributed by atoms with E-state index in [1.54, 1.807) is 24.3 Å². The van der Waals surface area contributed by atoms with Crippen LogP contribution in [0.1, 0.15) is 27.2 Å². The molecule has 0 aliphatic carbocycles. The molecule has 0 fully saturated rings. The van der Waals surface area contributed by atoms with Gasteiger partial charge < -0.3 is 15.2 Å². The Bertz CT molecular complexity index is 420. The number of ether oxygens (including phenoxy) is 1. The molecular weight excluding hydrogens is 278 g/mol. The number of rotatable bonds is 7. The minimum atomic E-state index is -0.609. The van der Waals surface area contributed by atoms with Crippen LogP contribution in [-0.4, -0.2) is 29.8 Å². The normalized spacial score (nSPS) is 13.9. The van der Waals surface area contributed by atoms with Crippen LogP contribution < -0.4 is 10.1 Å². The van der Waals surface area contributed by atoms with Crippen molar-refractivity contribution >= 4 is 17.5 Å². The number of amides is 1. The van der Waals surface area contributed by atoms with Crippen molar-refractivity contribution in [2.24, 2.45) is 5.92 Å². The molecule has 1 amide bonds. The summed E-state index contributed by atoms with van der Waals surface area (Å²) in [5, 5.41) is 13.0. The van der Waals surface area contributed by atoms with E-state index in [0.29, 0.717) is 17.3 Å². The third kappa shape index (κ3) is 6.26. The highest BCUT2D eigenvalue weighted by molar-refractivity contribution is 6.30. The molecule has 20 heavy (non-hydrogen) atoms. The molecule has 0 spiro atoms. The predicted molar refractivity (Wildman–Crippen MR) is 80.0 cm³/mol. The van der Waals surface area contributed by atoms with E-state index in [1.807, 2.05) is 20.8 Å². The number of hydrogen-bond acceptors (Lipinski definition) is 3. The lowest BCUT2D eigenvalue weighted by Gasteiger charge is -2.17. The summed E-state index contributed by atoms with van der Waals surface area (Å²) in [6.07, 6.45) is -0.649. The molecule has 112 valence electrons. The summed E-state index contributed by atoms with van der Waals surface area (Å²) in [5.41, 5.74) is 0. The maximum atomic E-state index is 11.6. The van der Waals surface area contributed by atoms with Gasteiger partial charge in [0.05, 0.1) is 19.1 Å². The Hall–Kier alpha value is -1.26. The molecule has 5 heteroatoms. The first-order valence-corrected chi connectivity index (χ1v) is 7.13. The number of aliphatic hydroxyl groups excluding tert-OH is 1. The van der Waals surface area contributed by atoms with Gasteiger partial charge in [0.1, 0.15) is 11.9 Å². The lowest BCUT2D eigenvalue weighted by atomic mass is 10.0. The fourth-order valence-corrected chi connectivity index (χ4v) is 1.67. The molecule has 0 bridgehead atoms. The van der Waals surface area contributed by atoms with Crippen molar-refractivity contribution in [2.75, 3.05) is 6.54 Å². The summed E-state index contributed by atoms with van der Waals surface area (Å²) >= 11 is 5.79. The smallest absolute Gasteiger partial charge is 0.222 e. The Balaban J connectivity index is 2.30. The molecule has 0 aliphatic rings. The minimum absolute atomic E-state index is 0.0727. The van der Waals surface area contributed by atoms with Crippen LogP contribution in [0.5, 0.6) is 5.75 Å². The molecule has 4 nitrogen and oxygen atoms in total. The van der Waals surface area contributed by atoms with Crippen molar-refractivity contribution in [1.82, 2.24) is 5.32 Å². The molecule has 1 aromatic rings. The second kappa shape index (κ2) is 8.12. The van der Waals surface area contributed by atoms with Gasteiger partial charge in [0.25, 0.3) is 0 Å². The first kappa shape index (κ1) is 16.8. The zero-order valence-corrected chi connectivity index (χ0v) is 12.9. The number of benzene rings is 1. The van der Waals surface area contributed by atoms with Crippen molar-refractivity contribution in [3.63, 3.8) is 0 Å². The summed E-state index contributed by atoms with van der Waals surface area (Å²) in [7, 11) is 0. The molecule has 0 radical (unpaired) electrons. The fourth-order valence-electron chi connectivity index (χ4n) is 1.54. The number of carbonyl (C=O) groups is 1. The Kier molecular flexibility index (Phi) is 6.82. The molecule has 0 aliphatic heterocycles. The number of carbonyl (C=O) groups excluding carboxylic acids is 1. The van der Waals surface area contributed by atoms with E-state index < -0.39 is 6.10 Å². The molecule has 0 saturated heterocycles. The van der Waals surface area contributed by atoms with Gasteiger partial charge in [-0.1, -0.05) is 25.4 Å². The SMILES string of the molecule is CC(CNC(=O)CC(O)C(C)C)Oc1ccc(Cl)cc1. The second-order valence-corrected chi connectivity index (χ2v) is 5.64. The van der Waals surface area contributed by atoms with E-state index in [0.717, 1.165) is 0 Å². The van der Waals surface area contributed by atoms with Gasteiger partial charge in [-0.15, -0.1) is 0 Å². The monoisotopic (exact) mass is 299 g/mol. The second-order valence-electron chi connectivity index (χ2n) is 5.20. The van der Waals surface area contributed by atoms with Gasteiger partial charge in [0.2, 0.25) is 5.91 Å². The molecule has 0 aromatic heterocycles. The van der Waals surface area contributed by atoms with Gasteiger partial charge >= 0.3 is 0 Å². The highest BCUT2D eigenvalue weighted by atomic mass is 35.5. The lowest BCUT2D eigenvalue weighted by molar-refractivity contribution is -0.123. The zero-order chi connectivity index (χ0) is 15.1. The summed E-state index contributed by atoms with van der Waals surface area (Å²) in [4.78, 5) is 11.6. The van der Waals surface area contributed by atoms with Crippen LogP contribution in [0, 0.1) is 5.92 Å². The largest absolute Gasteiger partial charge is 0.489 e. The van der Waals surface area contributed by atoms with Crippen molar-refractivity contribution in [3.8, 4) is 5.75 Å². The summed E-state index contributed by atoms with van der Waals surface area (Å²) < 4.78 is 5.64. The number of aliphatic hydroxyl groups is 1. The van der Waals surface area contributed by atoms with Gasteiger partial charge in [-0.25, -0.2) is 0 Å². The van der Waals surface area contributed by atoms with Gasteiger partial charge in [-0.2, -0.15) is 0 Å². The summed E-state index contributed by atoms with van der Waals surface area (Å²) in [6.45, 7) is 6.02. The molecule has 2 N–H and O–H groups in total. The standard InChI is InChI=1S/C15H22ClNO3/c1-10(2)14(18)8-15(19)17-9-11(3)20-13-6-4-12(16)5-7-13/h4-7,10-11,14,18H,8-9H2,1-3H3,(H,17,19). The zero-order valence-electron chi connectivity index (χ0n) is 12.1. The van der Waals surface area contributed by atoms with Crippen LogP contribution in [0.25, 0.3) is 0 Å². The van der Waals surface area contributed by atoms with Crippen LogP contribution >= 0.6 is 11.6 Å². The molecule has 1 aromatic carbocycles. The van der Waals surface area contributed by atoms with Crippen molar-refractivity contribution < 1.29 is 14.6 Å². The molecule has 1 rings (SSSR count). The van der Waals surface area contributed by atoms with E-state index in [9.17, 15) is 9.90 Å². The predicted octanol–water partition coefficient (Wildman–Crippen LogP) is 2.63. The van der Waals surface area contributed by atoms with E-state index >= 15 is 0 Å². The first-order valence-electron chi connectivity index (χ1n) is 6.75. The van der Waals surface area contributed by atoms with Gasteiger partial charge in [-0.3, -0.25) is 4.79 Å². The molecule has 0 heterocycles. The summed E-state index contributed by atoms with van der Waals surface area (Å²) in [6, 6.07) is 7.06. The van der Waals surface area contributed by atoms with Gasteiger partial charge in [0.15, 0.2) is 0 Å². The van der Waals surface area contributed by atoms with E-state index in [2.05, 4.69) is 5.32 Å². The van der Waals surface area contributed by atoms with Crippen molar-refractivity contribution in [2.45, 2.75) is 39.4 Å². The van der Waals surface area contributed by atoms with Crippen LogP contribution in [0.2, 0.25) is 5.02 Å². The van der Waals surface area contributed by atoms with E-state index in [-0.39, 0.29) is 24.3 Å². The Morgan fingerprint density at radius 1 is 1.30 bits per heavy atom. The summed E-state index contributed by atoms with van der Waals surface area (Å²) in [5.74, 6) is 0.611. The van der Waals surface area contributed by atoms with Crippen LogP contribution in [0.4, 0.5) is 0 Å². The van der Waals surface area contributed by atoms with Crippen molar-refractivity contribution in [3.05, 3.63) is 29.3 Å². The Morgan fingerprint density at radius 3 is 2.45 bits per heavy atom. The topological polar surface area (TPSA) is 58.6 Å². The minimum Gasteiger partial charge on any atom is -0.489 e. The number of halogens is 1. The van der Waals surface area contributed by atoms with Gasteiger partial charge in [0, 0.05) is 5.02 Å². The highest BCUT2D eigenvalue weighted by Crippen LogP contribution is 2.16. The van der Waals surface area contributed by atoms with E-state index in [1.165, 1.54) is 0 Å². The Labute approximate surface area is 125 Å². The fraction of sp³-hybridized carbons (Fsp3) is 0.533. The van der Waals surface area contributed by atoms with E-state index in [4.69, 9.17) is 16.3 Å². The molecular formula is C15H22ClNO3. The maximum absolute atomic E-state index is 11.6. The first-order chi connectivity index (χ1) is 9.38. The van der Waals surface area contributed by atoms with Crippen molar-refractivity contribution in [1.29, 1.82) is 0 Å². The Morgan fingerprint density at radius 2 is 1.90 bits per heavy atom. The third-order valence-corrected chi connectivity index (χ3v) is 3.15. The number of nitrogens with one attached hydrogen (secondary N) is 1. The number of hydrogen-bond donors (Lipinski definition) is 2. The van der Waals surface area contributed by atoms with Crippen LogP contribution in [-0.2, 0) is 4.79 Å². The van der Waals surface area contributed by atoms with Gasteiger partial charge in [-0.05, 0) is 37.1 Å². The molecule has 2 unspecified atom stereocenters. The third-order valence-electron chi connectivity index (χ3n) is 2.90. The average molecular weight is 300 g/mol. The lowest BCUT2D eigenvalue weighted by Crippen LogP contribution is -2.36. The average Bonchev–Trinajstić information content (AvgIpc) is 2.39.